The van der Waals surface area contributed by atoms with Crippen LogP contribution in [0, 0.1) is 19.7 Å². The summed E-state index contributed by atoms with van der Waals surface area (Å²) < 4.78 is 26.5. The van der Waals surface area contributed by atoms with Gasteiger partial charge in [-0.3, -0.25) is 14.5 Å². The van der Waals surface area contributed by atoms with Crippen LogP contribution in [0.15, 0.2) is 22.9 Å². The second-order valence-electron chi connectivity index (χ2n) is 12.9. The standard InChI is InChI=1S/C34H44FN7O5/c1-21-26-9-12-40(18-27(26)28(35)13-31(21)46-19-32-22(2)36-20-47-32)17-25(44)7-8-30(45)29-14-33(37-24-15-42(16-24)23(3)43)39-34(38-29)41-10-5-4-6-11-41/h13-14,20,24-25,44H,4-12,15-19H2,1-3H3,(H,37,38,39). The number of likely N-dealkylation sites (tertiary alicyclic amines) is 1. The number of aliphatic hydroxyl groups is 1. The van der Waals surface area contributed by atoms with Gasteiger partial charge in [-0.1, -0.05) is 0 Å². The van der Waals surface area contributed by atoms with Crippen LogP contribution in [0.1, 0.15) is 77.7 Å². The van der Waals surface area contributed by atoms with Gasteiger partial charge in [0.1, 0.15) is 29.7 Å². The lowest BCUT2D eigenvalue weighted by molar-refractivity contribution is -0.132. The quantitative estimate of drug-likeness (QED) is 0.277. The predicted octanol–water partition coefficient (Wildman–Crippen LogP) is 3.81. The molecule has 3 aliphatic heterocycles. The third-order valence-electron chi connectivity index (χ3n) is 9.49. The van der Waals surface area contributed by atoms with Gasteiger partial charge < -0.3 is 29.4 Å². The van der Waals surface area contributed by atoms with Crippen LogP contribution in [0.3, 0.4) is 0 Å². The Morgan fingerprint density at radius 1 is 1.13 bits per heavy atom. The maximum Gasteiger partial charge on any atom is 0.227 e. The van der Waals surface area contributed by atoms with E-state index in [-0.39, 0.29) is 43.0 Å². The van der Waals surface area contributed by atoms with Crippen molar-refractivity contribution in [3.8, 4) is 5.75 Å². The number of β-amino-alcohol motifs (C(OH)–C–C–N with tert-alkyl or cyclic N) is 1. The van der Waals surface area contributed by atoms with Gasteiger partial charge >= 0.3 is 0 Å². The van der Waals surface area contributed by atoms with E-state index in [4.69, 9.17) is 14.1 Å². The zero-order valence-corrected chi connectivity index (χ0v) is 27.4. The van der Waals surface area contributed by atoms with Crippen molar-refractivity contribution in [3.63, 3.8) is 0 Å². The maximum absolute atomic E-state index is 15.3. The molecule has 0 radical (unpaired) electrons. The molecule has 1 atom stereocenters. The first-order valence-electron chi connectivity index (χ1n) is 16.6. The van der Waals surface area contributed by atoms with Crippen molar-refractivity contribution in [3.05, 3.63) is 58.2 Å². The summed E-state index contributed by atoms with van der Waals surface area (Å²) in [5.74, 6) is 1.74. The van der Waals surface area contributed by atoms with Crippen molar-refractivity contribution in [2.45, 2.75) is 84.6 Å². The van der Waals surface area contributed by atoms with E-state index >= 15 is 4.39 Å². The molecule has 0 aliphatic carbocycles. The molecule has 12 nitrogen and oxygen atoms in total. The summed E-state index contributed by atoms with van der Waals surface area (Å²) >= 11 is 0. The van der Waals surface area contributed by atoms with Gasteiger partial charge in [-0.15, -0.1) is 0 Å². The summed E-state index contributed by atoms with van der Waals surface area (Å²) in [5.41, 5.74) is 3.51. The number of benzene rings is 1. The number of halogens is 1. The highest BCUT2D eigenvalue weighted by Crippen LogP contribution is 2.32. The number of anilines is 2. The number of oxazole rings is 1. The number of ether oxygens (including phenoxy) is 1. The van der Waals surface area contributed by atoms with E-state index < -0.39 is 6.10 Å². The van der Waals surface area contributed by atoms with Crippen LogP contribution in [0.4, 0.5) is 16.2 Å². The first-order valence-corrected chi connectivity index (χ1v) is 16.6. The van der Waals surface area contributed by atoms with E-state index in [1.807, 2.05) is 18.7 Å². The Bertz CT molecular complexity index is 1600. The summed E-state index contributed by atoms with van der Waals surface area (Å²) in [6, 6.07) is 3.17. The number of rotatable bonds is 12. The molecule has 2 aromatic heterocycles. The van der Waals surface area contributed by atoms with Crippen LogP contribution in [-0.2, 0) is 24.4 Å². The normalized spacial score (nSPS) is 17.6. The van der Waals surface area contributed by atoms with Crippen LogP contribution in [0.25, 0.3) is 0 Å². The highest BCUT2D eigenvalue weighted by molar-refractivity contribution is 5.95. The molecule has 1 aromatic carbocycles. The highest BCUT2D eigenvalue weighted by atomic mass is 19.1. The van der Waals surface area contributed by atoms with E-state index in [1.165, 1.54) is 12.5 Å². The zero-order chi connectivity index (χ0) is 33.1. The molecule has 3 aromatic rings. The van der Waals surface area contributed by atoms with Gasteiger partial charge in [0.25, 0.3) is 0 Å². The summed E-state index contributed by atoms with van der Waals surface area (Å²) in [4.78, 5) is 44.3. The number of nitrogens with one attached hydrogen (secondary N) is 1. The second-order valence-corrected chi connectivity index (χ2v) is 12.9. The number of aliphatic hydroxyl groups excluding tert-OH is 1. The van der Waals surface area contributed by atoms with Gasteiger partial charge in [-0.05, 0) is 57.1 Å². The SMILES string of the molecule is CC(=O)N1CC(Nc2cc(C(=O)CCC(O)CN3CCc4c(C)c(OCc5ocnc5C)cc(F)c4C3)nc(N3CCCCC3)n2)C1. The Hall–Kier alpha value is -4.10. The summed E-state index contributed by atoms with van der Waals surface area (Å²) in [6.07, 6.45) is 4.89. The van der Waals surface area contributed by atoms with Crippen molar-refractivity contribution >= 4 is 23.5 Å². The Morgan fingerprint density at radius 3 is 2.64 bits per heavy atom. The molecule has 1 unspecified atom stereocenters. The Labute approximate surface area is 274 Å². The van der Waals surface area contributed by atoms with E-state index in [2.05, 4.69) is 20.2 Å². The number of hydrogen-bond donors (Lipinski definition) is 2. The zero-order valence-electron chi connectivity index (χ0n) is 27.4. The molecule has 1 amide bonds. The minimum Gasteiger partial charge on any atom is -0.485 e. The average molecular weight is 650 g/mol. The highest BCUT2D eigenvalue weighted by Gasteiger charge is 2.30. The monoisotopic (exact) mass is 649 g/mol. The van der Waals surface area contributed by atoms with Crippen molar-refractivity contribution in [2.75, 3.05) is 49.5 Å². The largest absolute Gasteiger partial charge is 0.485 e. The molecule has 3 aliphatic rings. The van der Waals surface area contributed by atoms with Gasteiger partial charge in [0, 0.05) is 76.9 Å². The number of aromatic nitrogens is 3. The Kier molecular flexibility index (Phi) is 10.0. The molecule has 0 spiro atoms. The third kappa shape index (κ3) is 7.73. The number of carbonyl (C=O) groups excluding carboxylic acids is 2. The number of nitrogens with zero attached hydrogens (tertiary/aromatic N) is 6. The minimum absolute atomic E-state index is 0.0390. The topological polar surface area (TPSA) is 137 Å². The van der Waals surface area contributed by atoms with Crippen LogP contribution >= 0.6 is 0 Å². The van der Waals surface area contributed by atoms with Gasteiger partial charge in [-0.25, -0.2) is 14.4 Å². The lowest BCUT2D eigenvalue weighted by atomic mass is 9.93. The van der Waals surface area contributed by atoms with Crippen molar-refractivity contribution in [1.82, 2.24) is 24.8 Å². The van der Waals surface area contributed by atoms with Crippen molar-refractivity contribution in [2.24, 2.45) is 0 Å². The molecule has 0 bridgehead atoms. The summed E-state index contributed by atoms with van der Waals surface area (Å²) in [6.45, 7) is 9.73. The second kappa shape index (κ2) is 14.3. The fraction of sp³-hybridized carbons (Fsp3) is 0.559. The first kappa shape index (κ1) is 32.8. The number of Topliss-reactive ketones (excluding diaryl/α,β-unsaturated/α-hetero) is 1. The molecule has 5 heterocycles. The maximum atomic E-state index is 15.3. The number of piperidine rings is 1. The molecule has 47 heavy (non-hydrogen) atoms. The molecule has 13 heteroatoms. The van der Waals surface area contributed by atoms with Crippen molar-refractivity contribution < 1.29 is 28.2 Å². The lowest BCUT2D eigenvalue weighted by Gasteiger charge is -2.39. The number of aryl methyl sites for hydroxylation is 1. The van der Waals surface area contributed by atoms with Crippen LogP contribution in [0.5, 0.6) is 5.75 Å². The third-order valence-corrected chi connectivity index (χ3v) is 9.49. The van der Waals surface area contributed by atoms with Crippen LogP contribution < -0.4 is 15.0 Å². The molecule has 2 N–H and O–H groups in total. The fourth-order valence-corrected chi connectivity index (χ4v) is 6.56. The van der Waals surface area contributed by atoms with Crippen LogP contribution in [0.2, 0.25) is 0 Å². The Morgan fingerprint density at radius 2 is 1.91 bits per heavy atom. The number of ketones is 1. The van der Waals surface area contributed by atoms with Gasteiger partial charge in [0.05, 0.1) is 17.8 Å². The van der Waals surface area contributed by atoms with Crippen LogP contribution in [-0.4, -0.2) is 93.0 Å². The van der Waals surface area contributed by atoms with E-state index in [0.717, 1.165) is 49.2 Å². The number of amides is 1. The molecule has 2 saturated heterocycles. The molecule has 2 fully saturated rings. The van der Waals surface area contributed by atoms with Gasteiger partial charge in [0.2, 0.25) is 11.9 Å². The predicted molar refractivity (Wildman–Crippen MR) is 173 cm³/mol. The van der Waals surface area contributed by atoms with Gasteiger partial charge in [-0.2, -0.15) is 4.98 Å². The van der Waals surface area contributed by atoms with E-state index in [0.29, 0.717) is 73.7 Å². The number of fused-ring (bicyclic) bond motifs is 1. The van der Waals surface area contributed by atoms with E-state index in [9.17, 15) is 14.7 Å². The minimum atomic E-state index is -0.758. The fourth-order valence-electron chi connectivity index (χ4n) is 6.56. The summed E-state index contributed by atoms with van der Waals surface area (Å²) in [7, 11) is 0. The number of hydrogen-bond acceptors (Lipinski definition) is 11. The average Bonchev–Trinajstić information content (AvgIpc) is 3.46. The number of carbonyl (C=O) groups is 2. The smallest absolute Gasteiger partial charge is 0.227 e. The molecular weight excluding hydrogens is 605 g/mol. The molecule has 0 saturated carbocycles. The summed E-state index contributed by atoms with van der Waals surface area (Å²) in [5, 5.41) is 14.3. The molecular formula is C34H44FN7O5. The Balaban J connectivity index is 1.05. The molecule has 252 valence electrons. The lowest BCUT2D eigenvalue weighted by Crippen LogP contribution is -2.56. The van der Waals surface area contributed by atoms with Crippen molar-refractivity contribution in [1.29, 1.82) is 0 Å². The first-order chi connectivity index (χ1) is 22.6. The molecule has 6 rings (SSSR count). The van der Waals surface area contributed by atoms with Gasteiger partial charge in [0.15, 0.2) is 17.9 Å². The van der Waals surface area contributed by atoms with E-state index in [1.54, 1.807) is 17.9 Å².